The quantitative estimate of drug-likeness (QED) is 0.878. The summed E-state index contributed by atoms with van der Waals surface area (Å²) < 4.78 is 16.9. The monoisotopic (exact) mass is 309 g/mol. The Kier molecular flexibility index (Phi) is 7.95. The summed E-state index contributed by atoms with van der Waals surface area (Å²) in [5.74, 6) is 0.258. The fourth-order valence-corrected chi connectivity index (χ4v) is 1.48. The number of phenolic OH excluding ortho intramolecular Hbond substituents is 1. The Morgan fingerprint density at radius 2 is 1.85 bits per heavy atom. The van der Waals surface area contributed by atoms with Gasteiger partial charge in [0.25, 0.3) is 0 Å². The molecule has 6 heteroatoms. The van der Waals surface area contributed by atoms with Crippen molar-refractivity contribution >= 4 is 6.21 Å². The van der Waals surface area contributed by atoms with E-state index in [4.69, 9.17) is 7.35 Å². The number of hydrogen-bond donors (Lipinski definition) is 1. The molecule has 1 aromatic heterocycles. The van der Waals surface area contributed by atoms with Crippen LogP contribution in [0.25, 0.3) is 0 Å². The summed E-state index contributed by atoms with van der Waals surface area (Å²) >= 11 is -1.81. The molecule has 0 aliphatic carbocycles. The predicted octanol–water partition coefficient (Wildman–Crippen LogP) is 2.21. The van der Waals surface area contributed by atoms with Gasteiger partial charge in [-0.25, -0.2) is 0 Å². The fourth-order valence-electron chi connectivity index (χ4n) is 1.48. The molecule has 0 aliphatic rings. The van der Waals surface area contributed by atoms with E-state index >= 15 is 0 Å². The molecule has 2 rings (SSSR count). The van der Waals surface area contributed by atoms with Gasteiger partial charge in [0.1, 0.15) is 5.75 Å². The van der Waals surface area contributed by atoms with Crippen LogP contribution in [0.15, 0.2) is 53.7 Å². The Bertz CT molecular complexity index is 582. The van der Waals surface area contributed by atoms with E-state index in [1.54, 1.807) is 24.5 Å². The molecule has 0 saturated heterocycles. The van der Waals surface area contributed by atoms with Crippen molar-refractivity contribution in [2.24, 2.45) is 4.99 Å². The van der Waals surface area contributed by atoms with Crippen molar-refractivity contribution in [2.75, 3.05) is 6.54 Å². The van der Waals surface area contributed by atoms with Gasteiger partial charge in [0.15, 0.2) is 0 Å². The topological polar surface area (TPSA) is 79.6 Å². The summed E-state index contributed by atoms with van der Waals surface area (Å²) in [6, 6.07) is 13.0. The van der Waals surface area contributed by atoms with E-state index in [1.807, 2.05) is 30.3 Å². The number of benzene rings is 1. The van der Waals surface area contributed by atoms with Gasteiger partial charge in [0.2, 0.25) is 0 Å². The van der Waals surface area contributed by atoms with Crippen LogP contribution in [-0.2, 0) is 30.0 Å². The van der Waals surface area contributed by atoms with Crippen molar-refractivity contribution in [2.45, 2.75) is 6.42 Å². The first-order valence-electron chi connectivity index (χ1n) is 5.90. The minimum atomic E-state index is -1.81. The molecule has 20 heavy (non-hydrogen) atoms. The number of aromatic nitrogens is 1. The number of phenols is 1. The van der Waals surface area contributed by atoms with Crippen molar-refractivity contribution in [3.8, 4) is 5.75 Å². The molecule has 0 radical (unpaired) electrons. The van der Waals surface area contributed by atoms with Gasteiger partial charge in [-0.05, 0) is 24.3 Å². The van der Waals surface area contributed by atoms with Gasteiger partial charge in [-0.3, -0.25) is 9.98 Å². The first-order valence-corrected chi connectivity index (χ1v) is 7.04. The first-order chi connectivity index (χ1) is 9.77. The summed E-state index contributed by atoms with van der Waals surface area (Å²) in [5, 5.41) is 9.52. The average molecular weight is 309 g/mol. The number of nitrogens with zero attached hydrogens (tertiary/aromatic N) is 2. The fraction of sp³-hybridized carbons (Fsp3) is 0.143. The maximum absolute atomic E-state index is 9.52. The molecule has 0 atom stereocenters. The molecule has 0 bridgehead atoms. The molecule has 2 aromatic rings. The molecule has 0 saturated carbocycles. The maximum atomic E-state index is 9.52. The number of rotatable bonds is 4. The second-order valence-corrected chi connectivity index (χ2v) is 3.97. The summed E-state index contributed by atoms with van der Waals surface area (Å²) in [5.41, 5.74) is 1.77. The molecular weight excluding hydrogens is 295 g/mol. The third kappa shape index (κ3) is 6.27. The molecule has 1 aromatic carbocycles. The molecular formula is C14H14N2O3V. The third-order valence-electron chi connectivity index (χ3n) is 2.39. The molecule has 0 amide bonds. The molecule has 1 heterocycles. The van der Waals surface area contributed by atoms with Crippen molar-refractivity contribution in [1.82, 2.24) is 4.98 Å². The zero-order chi connectivity index (χ0) is 14.6. The van der Waals surface area contributed by atoms with Crippen LogP contribution in [0.2, 0.25) is 0 Å². The van der Waals surface area contributed by atoms with Gasteiger partial charge in [0.05, 0.1) is 0 Å². The molecule has 0 unspecified atom stereocenters. The number of pyridine rings is 1. The molecule has 0 aliphatic heterocycles. The molecule has 5 nitrogen and oxygen atoms in total. The van der Waals surface area contributed by atoms with E-state index in [1.165, 1.54) is 0 Å². The van der Waals surface area contributed by atoms with Crippen LogP contribution in [-0.4, -0.2) is 22.8 Å². The summed E-state index contributed by atoms with van der Waals surface area (Å²) in [4.78, 5) is 8.49. The number of hydrogen-bond acceptors (Lipinski definition) is 5. The van der Waals surface area contributed by atoms with E-state index in [0.717, 1.165) is 17.7 Å². The van der Waals surface area contributed by atoms with Crippen molar-refractivity contribution in [3.05, 3.63) is 59.9 Å². The average Bonchev–Trinajstić information content (AvgIpc) is 2.47. The van der Waals surface area contributed by atoms with Gasteiger partial charge < -0.3 is 5.11 Å². The molecule has 1 N–H and O–H groups in total. The number of para-hydroxylation sites is 1. The van der Waals surface area contributed by atoms with E-state index in [9.17, 15) is 5.11 Å². The zero-order valence-electron chi connectivity index (χ0n) is 10.7. The molecule has 103 valence electrons. The summed E-state index contributed by atoms with van der Waals surface area (Å²) in [6.07, 6.45) is 4.28. The van der Waals surface area contributed by atoms with Crippen molar-refractivity contribution < 1.29 is 28.6 Å². The Labute approximate surface area is 123 Å². The van der Waals surface area contributed by atoms with E-state index < -0.39 is 16.2 Å². The number of aliphatic imine (C=N–C) groups is 1. The van der Waals surface area contributed by atoms with Gasteiger partial charge in [-0.2, -0.15) is 0 Å². The van der Waals surface area contributed by atoms with Crippen LogP contribution < -0.4 is 0 Å². The predicted molar refractivity (Wildman–Crippen MR) is 69.9 cm³/mol. The SMILES string of the molecule is Oc1ccccc1C=NCCc1ccccn1.[O]=[V]=[O]. The Morgan fingerprint density at radius 3 is 2.50 bits per heavy atom. The van der Waals surface area contributed by atoms with Crippen LogP contribution in [0.1, 0.15) is 11.3 Å². The van der Waals surface area contributed by atoms with Crippen LogP contribution in [0, 0.1) is 0 Å². The zero-order valence-corrected chi connectivity index (χ0v) is 12.1. The Hall–Kier alpha value is -1.98. The second-order valence-electron chi connectivity index (χ2n) is 3.74. The van der Waals surface area contributed by atoms with Crippen LogP contribution in [0.5, 0.6) is 5.75 Å². The Balaban J connectivity index is 0.000000612. The van der Waals surface area contributed by atoms with Gasteiger partial charge >= 0.3 is 23.5 Å². The molecule has 0 spiro atoms. The van der Waals surface area contributed by atoms with E-state index in [0.29, 0.717) is 6.54 Å². The summed E-state index contributed by atoms with van der Waals surface area (Å²) in [6.45, 7) is 0.672. The van der Waals surface area contributed by atoms with Crippen LogP contribution in [0.3, 0.4) is 0 Å². The van der Waals surface area contributed by atoms with E-state index in [2.05, 4.69) is 9.98 Å². The normalized spacial score (nSPS) is 9.60. The van der Waals surface area contributed by atoms with E-state index in [-0.39, 0.29) is 5.75 Å². The van der Waals surface area contributed by atoms with Crippen molar-refractivity contribution in [1.29, 1.82) is 0 Å². The van der Waals surface area contributed by atoms with Gasteiger partial charge in [-0.1, -0.05) is 18.2 Å². The number of aromatic hydroxyl groups is 1. The van der Waals surface area contributed by atoms with Gasteiger partial charge in [-0.15, -0.1) is 0 Å². The Morgan fingerprint density at radius 1 is 1.15 bits per heavy atom. The summed E-state index contributed by atoms with van der Waals surface area (Å²) in [7, 11) is 0. The van der Waals surface area contributed by atoms with Crippen molar-refractivity contribution in [3.63, 3.8) is 0 Å². The minimum absolute atomic E-state index is 0.258. The van der Waals surface area contributed by atoms with Crippen LogP contribution in [0.4, 0.5) is 0 Å². The third-order valence-corrected chi connectivity index (χ3v) is 2.39. The van der Waals surface area contributed by atoms with Crippen LogP contribution >= 0.6 is 0 Å². The first kappa shape index (κ1) is 16.1. The van der Waals surface area contributed by atoms with Gasteiger partial charge in [0, 0.05) is 36.6 Å². The molecule has 0 fully saturated rings. The second kappa shape index (κ2) is 9.89. The standard InChI is InChI=1S/C14H14N2O.2O.V/c17-14-7-2-1-5-12(14)11-15-10-8-13-6-3-4-9-16-13;;;/h1-7,9,11,17H,8,10H2;;;.